The van der Waals surface area contributed by atoms with Crippen LogP contribution in [0.2, 0.25) is 0 Å². The molecule has 1 atom stereocenters. The molecule has 2 aromatic carbocycles. The number of nitrogens with zero attached hydrogens (tertiary/aromatic N) is 1. The standard InChI is InChI=1S/C20H20N2O2/c1-3-24-20(23)17-13-21-18-12-8-7-11-16(18)19(17)22-14(2)15-9-5-4-6-10-15/h4-14H,3H2,1-2H3,(H,21,22). The molecule has 3 rings (SSSR count). The van der Waals surface area contributed by atoms with E-state index in [1.54, 1.807) is 13.1 Å². The zero-order valence-corrected chi connectivity index (χ0v) is 13.8. The highest BCUT2D eigenvalue weighted by Gasteiger charge is 2.18. The van der Waals surface area contributed by atoms with Gasteiger partial charge in [0.25, 0.3) is 0 Å². The third-order valence-corrected chi connectivity index (χ3v) is 3.93. The second-order valence-electron chi connectivity index (χ2n) is 5.56. The van der Waals surface area contributed by atoms with Crippen molar-refractivity contribution in [3.05, 3.63) is 71.9 Å². The minimum Gasteiger partial charge on any atom is -0.462 e. The summed E-state index contributed by atoms with van der Waals surface area (Å²) in [7, 11) is 0. The predicted molar refractivity (Wildman–Crippen MR) is 96.2 cm³/mol. The molecule has 0 fully saturated rings. The van der Waals surface area contributed by atoms with Crippen molar-refractivity contribution >= 4 is 22.6 Å². The average Bonchev–Trinajstić information content (AvgIpc) is 2.63. The normalized spacial score (nSPS) is 11.9. The van der Waals surface area contributed by atoms with E-state index in [0.29, 0.717) is 12.2 Å². The Bertz CT molecular complexity index is 847. The van der Waals surface area contributed by atoms with Gasteiger partial charge in [0.1, 0.15) is 5.56 Å². The first-order chi connectivity index (χ1) is 11.7. The molecule has 1 aromatic heterocycles. The van der Waals surface area contributed by atoms with Gasteiger partial charge in [-0.05, 0) is 25.5 Å². The van der Waals surface area contributed by atoms with Gasteiger partial charge in [0.2, 0.25) is 0 Å². The highest BCUT2D eigenvalue weighted by molar-refractivity contribution is 6.04. The minimum absolute atomic E-state index is 0.0465. The highest BCUT2D eigenvalue weighted by atomic mass is 16.5. The summed E-state index contributed by atoms with van der Waals surface area (Å²) in [5.41, 5.74) is 3.20. The number of pyridine rings is 1. The summed E-state index contributed by atoms with van der Waals surface area (Å²) in [5.74, 6) is -0.362. The third kappa shape index (κ3) is 3.23. The maximum absolute atomic E-state index is 12.3. The van der Waals surface area contributed by atoms with Crippen LogP contribution in [0.4, 0.5) is 5.69 Å². The highest BCUT2D eigenvalue weighted by Crippen LogP contribution is 2.30. The molecule has 3 aromatic rings. The number of hydrogen-bond acceptors (Lipinski definition) is 4. The number of nitrogens with one attached hydrogen (secondary N) is 1. The van der Waals surface area contributed by atoms with E-state index < -0.39 is 0 Å². The van der Waals surface area contributed by atoms with Crippen molar-refractivity contribution in [3.8, 4) is 0 Å². The number of para-hydroxylation sites is 1. The van der Waals surface area contributed by atoms with Gasteiger partial charge in [0, 0.05) is 17.6 Å². The Labute approximate surface area is 141 Å². The largest absolute Gasteiger partial charge is 0.462 e. The van der Waals surface area contributed by atoms with E-state index in [1.807, 2.05) is 42.5 Å². The van der Waals surface area contributed by atoms with Crippen molar-refractivity contribution in [2.75, 3.05) is 11.9 Å². The van der Waals surface area contributed by atoms with E-state index >= 15 is 0 Å². The van der Waals surface area contributed by atoms with Crippen molar-refractivity contribution in [1.82, 2.24) is 4.98 Å². The number of hydrogen-bond donors (Lipinski definition) is 1. The van der Waals surface area contributed by atoms with Crippen molar-refractivity contribution in [1.29, 1.82) is 0 Å². The number of ether oxygens (including phenoxy) is 1. The summed E-state index contributed by atoms with van der Waals surface area (Å²) >= 11 is 0. The number of esters is 1. The average molecular weight is 320 g/mol. The lowest BCUT2D eigenvalue weighted by atomic mass is 10.1. The molecule has 0 radical (unpaired) electrons. The molecule has 122 valence electrons. The van der Waals surface area contributed by atoms with Crippen molar-refractivity contribution in [2.24, 2.45) is 0 Å². The first kappa shape index (κ1) is 16.0. The molecule has 0 aliphatic rings. The van der Waals surface area contributed by atoms with Gasteiger partial charge >= 0.3 is 5.97 Å². The number of rotatable bonds is 5. The van der Waals surface area contributed by atoms with Crippen LogP contribution in [0.3, 0.4) is 0 Å². The topological polar surface area (TPSA) is 51.2 Å². The van der Waals surface area contributed by atoms with E-state index in [4.69, 9.17) is 4.74 Å². The van der Waals surface area contributed by atoms with Crippen LogP contribution in [-0.4, -0.2) is 17.6 Å². The molecule has 24 heavy (non-hydrogen) atoms. The molecule has 1 unspecified atom stereocenters. The zero-order valence-electron chi connectivity index (χ0n) is 13.8. The summed E-state index contributed by atoms with van der Waals surface area (Å²) in [6.07, 6.45) is 1.58. The lowest BCUT2D eigenvalue weighted by Crippen LogP contribution is -2.13. The number of carbonyl (C=O) groups is 1. The smallest absolute Gasteiger partial charge is 0.341 e. The molecule has 0 aliphatic heterocycles. The number of aromatic nitrogens is 1. The van der Waals surface area contributed by atoms with Crippen molar-refractivity contribution < 1.29 is 9.53 Å². The fourth-order valence-electron chi connectivity index (χ4n) is 2.70. The summed E-state index contributed by atoms with van der Waals surface area (Å²) in [6.45, 7) is 4.20. The molecule has 1 heterocycles. The van der Waals surface area contributed by atoms with Crippen LogP contribution in [0.15, 0.2) is 60.8 Å². The summed E-state index contributed by atoms with van der Waals surface area (Å²) in [5, 5.41) is 4.38. The Kier molecular flexibility index (Phi) is 4.75. The van der Waals surface area contributed by atoms with Gasteiger partial charge in [-0.25, -0.2) is 4.79 Å². The Morgan fingerprint density at radius 1 is 1.12 bits per heavy atom. The Balaban J connectivity index is 2.06. The summed E-state index contributed by atoms with van der Waals surface area (Å²) in [4.78, 5) is 16.7. The predicted octanol–water partition coefficient (Wildman–Crippen LogP) is 4.58. The van der Waals surface area contributed by atoms with Gasteiger partial charge in [-0.1, -0.05) is 48.5 Å². The number of carbonyl (C=O) groups excluding carboxylic acids is 1. The van der Waals surface area contributed by atoms with Gasteiger partial charge < -0.3 is 10.1 Å². The summed E-state index contributed by atoms with van der Waals surface area (Å²) in [6, 6.07) is 17.9. The molecular formula is C20H20N2O2. The minimum atomic E-state index is -0.362. The van der Waals surface area contributed by atoms with Crippen LogP contribution < -0.4 is 5.32 Å². The molecule has 0 saturated carbocycles. The molecule has 1 N–H and O–H groups in total. The number of anilines is 1. The van der Waals surface area contributed by atoms with E-state index in [9.17, 15) is 4.79 Å². The lowest BCUT2D eigenvalue weighted by Gasteiger charge is -2.19. The number of benzene rings is 2. The molecule has 0 spiro atoms. The van der Waals surface area contributed by atoms with Crippen LogP contribution in [0.25, 0.3) is 10.9 Å². The number of fused-ring (bicyclic) bond motifs is 1. The van der Waals surface area contributed by atoms with E-state index in [-0.39, 0.29) is 12.0 Å². The zero-order chi connectivity index (χ0) is 16.9. The van der Waals surface area contributed by atoms with Crippen molar-refractivity contribution in [3.63, 3.8) is 0 Å². The molecule has 0 amide bonds. The van der Waals surface area contributed by atoms with Gasteiger partial charge in [-0.2, -0.15) is 0 Å². The maximum atomic E-state index is 12.3. The fraction of sp³-hybridized carbons (Fsp3) is 0.200. The molecule has 4 heteroatoms. The first-order valence-corrected chi connectivity index (χ1v) is 8.07. The maximum Gasteiger partial charge on any atom is 0.341 e. The van der Waals surface area contributed by atoms with Gasteiger partial charge in [-0.3, -0.25) is 4.98 Å². The van der Waals surface area contributed by atoms with Crippen LogP contribution in [0, 0.1) is 0 Å². The van der Waals surface area contributed by atoms with Crippen molar-refractivity contribution in [2.45, 2.75) is 19.9 Å². The monoisotopic (exact) mass is 320 g/mol. The Morgan fingerprint density at radius 3 is 2.58 bits per heavy atom. The van der Waals surface area contributed by atoms with E-state index in [0.717, 1.165) is 22.2 Å². The van der Waals surface area contributed by atoms with Crippen LogP contribution >= 0.6 is 0 Å². The lowest BCUT2D eigenvalue weighted by molar-refractivity contribution is 0.0527. The molecular weight excluding hydrogens is 300 g/mol. The first-order valence-electron chi connectivity index (χ1n) is 8.07. The van der Waals surface area contributed by atoms with Crippen LogP contribution in [-0.2, 0) is 4.74 Å². The molecule has 4 nitrogen and oxygen atoms in total. The van der Waals surface area contributed by atoms with Gasteiger partial charge in [-0.15, -0.1) is 0 Å². The van der Waals surface area contributed by atoms with E-state index in [2.05, 4.69) is 29.4 Å². The van der Waals surface area contributed by atoms with Crippen LogP contribution in [0.5, 0.6) is 0 Å². The quantitative estimate of drug-likeness (QED) is 0.699. The summed E-state index contributed by atoms with van der Waals surface area (Å²) < 4.78 is 5.19. The van der Waals surface area contributed by atoms with Gasteiger partial charge in [0.05, 0.1) is 17.8 Å². The fourth-order valence-corrected chi connectivity index (χ4v) is 2.70. The Hall–Kier alpha value is -2.88. The Morgan fingerprint density at radius 2 is 1.83 bits per heavy atom. The van der Waals surface area contributed by atoms with Gasteiger partial charge in [0.15, 0.2) is 0 Å². The molecule has 0 bridgehead atoms. The van der Waals surface area contributed by atoms with Crippen LogP contribution in [0.1, 0.15) is 35.8 Å². The second-order valence-corrected chi connectivity index (χ2v) is 5.56. The molecule has 0 aliphatic carbocycles. The second kappa shape index (κ2) is 7.13. The van der Waals surface area contributed by atoms with E-state index in [1.165, 1.54) is 0 Å². The SMILES string of the molecule is CCOC(=O)c1cnc2ccccc2c1NC(C)c1ccccc1. The third-order valence-electron chi connectivity index (χ3n) is 3.93. The molecule has 0 saturated heterocycles.